The fraction of sp³-hybridized carbons (Fsp3) is 0.500. The minimum atomic E-state index is -3.81. The fourth-order valence-corrected chi connectivity index (χ4v) is 2.84. The lowest BCUT2D eigenvalue weighted by molar-refractivity contribution is -0.120. The van der Waals surface area contributed by atoms with Crippen LogP contribution in [-0.2, 0) is 14.8 Å². The molecule has 0 aliphatic carbocycles. The summed E-state index contributed by atoms with van der Waals surface area (Å²) in [7, 11) is -3.81. The average molecular weight is 334 g/mol. The zero-order valence-electron chi connectivity index (χ0n) is 12.8. The van der Waals surface area contributed by atoms with Gasteiger partial charge in [0.15, 0.2) is 11.6 Å². The second-order valence-electron chi connectivity index (χ2n) is 5.13. The van der Waals surface area contributed by atoms with Crippen molar-refractivity contribution in [1.82, 2.24) is 5.32 Å². The third-order valence-corrected chi connectivity index (χ3v) is 4.15. The number of carbonyl (C=O) groups is 1. The molecule has 1 rings (SSSR count). The Labute approximate surface area is 129 Å². The highest BCUT2D eigenvalue weighted by Crippen LogP contribution is 2.20. The molecule has 0 aromatic heterocycles. The van der Waals surface area contributed by atoms with E-state index in [1.807, 2.05) is 13.8 Å². The quantitative estimate of drug-likeness (QED) is 0.830. The van der Waals surface area contributed by atoms with Crippen LogP contribution in [0, 0.1) is 11.6 Å². The van der Waals surface area contributed by atoms with E-state index in [-0.39, 0.29) is 11.7 Å². The molecule has 0 fully saturated rings. The number of benzene rings is 1. The van der Waals surface area contributed by atoms with Crippen LogP contribution in [0.1, 0.15) is 26.7 Å². The first-order valence-electron chi connectivity index (χ1n) is 6.87. The van der Waals surface area contributed by atoms with E-state index in [0.717, 1.165) is 41.6 Å². The van der Waals surface area contributed by atoms with Crippen LogP contribution in [0.4, 0.5) is 14.5 Å². The van der Waals surface area contributed by atoms with E-state index in [2.05, 4.69) is 5.32 Å². The van der Waals surface area contributed by atoms with Crippen LogP contribution in [0.5, 0.6) is 0 Å². The van der Waals surface area contributed by atoms with Crippen LogP contribution in [0.2, 0.25) is 0 Å². The lowest BCUT2D eigenvalue weighted by atomic mass is 10.2. The molecule has 1 N–H and O–H groups in total. The first-order chi connectivity index (χ1) is 10.1. The Hall–Kier alpha value is -1.70. The Morgan fingerprint density at radius 3 is 2.45 bits per heavy atom. The molecule has 0 saturated carbocycles. The monoisotopic (exact) mass is 334 g/mol. The smallest absolute Gasteiger partial charge is 0.240 e. The fourth-order valence-electron chi connectivity index (χ4n) is 2.00. The number of hydrogen-bond acceptors (Lipinski definition) is 3. The topological polar surface area (TPSA) is 66.5 Å². The van der Waals surface area contributed by atoms with Crippen molar-refractivity contribution in [2.24, 2.45) is 0 Å². The molecule has 1 amide bonds. The van der Waals surface area contributed by atoms with Crippen molar-refractivity contribution < 1.29 is 22.0 Å². The van der Waals surface area contributed by atoms with Gasteiger partial charge in [0.05, 0.1) is 11.9 Å². The molecule has 0 spiro atoms. The molecule has 0 saturated heterocycles. The molecule has 0 bridgehead atoms. The number of carbonyl (C=O) groups excluding carboxylic acids is 1. The number of rotatable bonds is 7. The van der Waals surface area contributed by atoms with Crippen molar-refractivity contribution >= 4 is 21.6 Å². The minimum Gasteiger partial charge on any atom is -0.352 e. The minimum absolute atomic E-state index is 0.0936. The SMILES string of the molecule is CCC[C@@H](C)NC(=O)CN(c1ccc(F)c(F)c1)S(C)(=O)=O. The van der Waals surface area contributed by atoms with Crippen LogP contribution in [-0.4, -0.2) is 33.2 Å². The Morgan fingerprint density at radius 1 is 1.32 bits per heavy atom. The van der Waals surface area contributed by atoms with Crippen LogP contribution in [0.3, 0.4) is 0 Å². The highest BCUT2D eigenvalue weighted by Gasteiger charge is 2.22. The lowest BCUT2D eigenvalue weighted by Gasteiger charge is -2.23. The first-order valence-corrected chi connectivity index (χ1v) is 8.72. The Balaban J connectivity index is 2.95. The molecule has 0 aliphatic rings. The number of halogens is 2. The van der Waals surface area contributed by atoms with Gasteiger partial charge < -0.3 is 5.32 Å². The van der Waals surface area contributed by atoms with Crippen LogP contribution >= 0.6 is 0 Å². The predicted octanol–water partition coefficient (Wildman–Crippen LogP) is 2.04. The van der Waals surface area contributed by atoms with Crippen molar-refractivity contribution in [1.29, 1.82) is 0 Å². The van der Waals surface area contributed by atoms with Gasteiger partial charge >= 0.3 is 0 Å². The molecule has 8 heteroatoms. The maximum absolute atomic E-state index is 13.3. The van der Waals surface area contributed by atoms with Crippen LogP contribution in [0.15, 0.2) is 18.2 Å². The average Bonchev–Trinajstić information content (AvgIpc) is 2.38. The molecule has 1 aromatic carbocycles. The second kappa shape index (κ2) is 7.53. The molecule has 1 atom stereocenters. The predicted molar refractivity (Wildman–Crippen MR) is 81.1 cm³/mol. The largest absolute Gasteiger partial charge is 0.352 e. The summed E-state index contributed by atoms with van der Waals surface area (Å²) in [5, 5.41) is 2.67. The summed E-state index contributed by atoms with van der Waals surface area (Å²) in [4.78, 5) is 11.9. The van der Waals surface area contributed by atoms with Crippen molar-refractivity contribution in [2.45, 2.75) is 32.7 Å². The van der Waals surface area contributed by atoms with Crippen LogP contribution < -0.4 is 9.62 Å². The van der Waals surface area contributed by atoms with Gasteiger partial charge in [0.1, 0.15) is 6.54 Å². The van der Waals surface area contributed by atoms with Crippen molar-refractivity contribution in [2.75, 3.05) is 17.1 Å². The molecular formula is C14H20F2N2O3S. The molecule has 22 heavy (non-hydrogen) atoms. The van der Waals surface area contributed by atoms with E-state index in [1.54, 1.807) is 0 Å². The van der Waals surface area contributed by atoms with Crippen molar-refractivity contribution in [3.63, 3.8) is 0 Å². The number of hydrogen-bond donors (Lipinski definition) is 1. The summed E-state index contributed by atoms with van der Waals surface area (Å²) >= 11 is 0. The summed E-state index contributed by atoms with van der Waals surface area (Å²) < 4.78 is 50.6. The van der Waals surface area contributed by atoms with Gasteiger partial charge in [0.25, 0.3) is 0 Å². The zero-order valence-corrected chi connectivity index (χ0v) is 13.6. The summed E-state index contributed by atoms with van der Waals surface area (Å²) in [6, 6.07) is 2.59. The molecular weight excluding hydrogens is 314 g/mol. The molecule has 0 aliphatic heterocycles. The Bertz CT molecular complexity index is 635. The third kappa shape index (κ3) is 5.25. The third-order valence-electron chi connectivity index (χ3n) is 3.01. The standard InChI is InChI=1S/C14H20F2N2O3S/c1-4-5-10(2)17-14(19)9-18(22(3,20)21)11-6-7-12(15)13(16)8-11/h6-8,10H,4-5,9H2,1-3H3,(H,17,19)/t10-/m1/s1. The second-order valence-corrected chi connectivity index (χ2v) is 7.03. The maximum Gasteiger partial charge on any atom is 0.240 e. The Kier molecular flexibility index (Phi) is 6.28. The van der Waals surface area contributed by atoms with Gasteiger partial charge in [0, 0.05) is 12.1 Å². The molecule has 5 nitrogen and oxygen atoms in total. The molecule has 0 radical (unpaired) electrons. The van der Waals surface area contributed by atoms with Gasteiger partial charge in [-0.3, -0.25) is 9.10 Å². The number of nitrogens with one attached hydrogen (secondary N) is 1. The molecule has 124 valence electrons. The number of amides is 1. The van der Waals surface area contributed by atoms with E-state index in [9.17, 15) is 22.0 Å². The van der Waals surface area contributed by atoms with Gasteiger partial charge in [-0.1, -0.05) is 13.3 Å². The van der Waals surface area contributed by atoms with Crippen molar-refractivity contribution in [3.8, 4) is 0 Å². The van der Waals surface area contributed by atoms with Gasteiger partial charge in [-0.05, 0) is 25.5 Å². The Morgan fingerprint density at radius 2 is 1.95 bits per heavy atom. The van der Waals surface area contributed by atoms with Gasteiger partial charge in [-0.2, -0.15) is 0 Å². The molecule has 0 heterocycles. The van der Waals surface area contributed by atoms with E-state index < -0.39 is 34.1 Å². The molecule has 1 aromatic rings. The summed E-state index contributed by atoms with van der Waals surface area (Å²) in [5.74, 6) is -2.76. The van der Waals surface area contributed by atoms with E-state index in [0.29, 0.717) is 0 Å². The normalized spacial score (nSPS) is 12.8. The summed E-state index contributed by atoms with van der Waals surface area (Å²) in [6.45, 7) is 3.29. The van der Waals surface area contributed by atoms with Crippen LogP contribution in [0.25, 0.3) is 0 Å². The van der Waals surface area contributed by atoms with E-state index >= 15 is 0 Å². The summed E-state index contributed by atoms with van der Waals surface area (Å²) in [5.41, 5.74) is -0.0975. The highest BCUT2D eigenvalue weighted by molar-refractivity contribution is 7.92. The number of anilines is 1. The van der Waals surface area contributed by atoms with E-state index in [1.165, 1.54) is 0 Å². The maximum atomic E-state index is 13.3. The van der Waals surface area contributed by atoms with Gasteiger partial charge in [0.2, 0.25) is 15.9 Å². The number of sulfonamides is 1. The first kappa shape index (κ1) is 18.3. The highest BCUT2D eigenvalue weighted by atomic mass is 32.2. The van der Waals surface area contributed by atoms with Gasteiger partial charge in [-0.25, -0.2) is 17.2 Å². The van der Waals surface area contributed by atoms with Crippen molar-refractivity contribution in [3.05, 3.63) is 29.8 Å². The molecule has 0 unspecified atom stereocenters. The van der Waals surface area contributed by atoms with E-state index in [4.69, 9.17) is 0 Å². The summed E-state index contributed by atoms with van der Waals surface area (Å²) in [6.07, 6.45) is 2.53. The lowest BCUT2D eigenvalue weighted by Crippen LogP contribution is -2.43. The number of nitrogens with zero attached hydrogens (tertiary/aromatic N) is 1. The van der Waals surface area contributed by atoms with Gasteiger partial charge in [-0.15, -0.1) is 0 Å². The zero-order chi connectivity index (χ0) is 16.9.